The Morgan fingerprint density at radius 1 is 1.33 bits per heavy atom. The summed E-state index contributed by atoms with van der Waals surface area (Å²) in [7, 11) is 0. The van der Waals surface area contributed by atoms with Crippen LogP contribution in [0, 0.1) is 0 Å². The zero-order valence-corrected chi connectivity index (χ0v) is 6.91. The van der Waals surface area contributed by atoms with E-state index in [0.717, 1.165) is 0 Å². The zero-order chi connectivity index (χ0) is 6.08. The number of hydrogen-bond donors (Lipinski definition) is 1. The van der Waals surface area contributed by atoms with Crippen LogP contribution in [-0.4, -0.2) is 22.7 Å². The molecular weight excluding hydrogens is 218 g/mol. The van der Waals surface area contributed by atoms with Gasteiger partial charge in [-0.05, 0) is 0 Å². The van der Waals surface area contributed by atoms with Crippen LogP contribution in [0.2, 0.25) is 0 Å². The van der Waals surface area contributed by atoms with Crippen molar-refractivity contribution in [2.24, 2.45) is 0 Å². The van der Waals surface area contributed by atoms with Crippen molar-refractivity contribution >= 4 is 5.97 Å². The van der Waals surface area contributed by atoms with Crippen molar-refractivity contribution in [2.75, 3.05) is 0 Å². The summed E-state index contributed by atoms with van der Waals surface area (Å²) in [5.41, 5.74) is 0. The van der Waals surface area contributed by atoms with Crippen LogP contribution in [0.3, 0.4) is 0 Å². The minimum absolute atomic E-state index is 0. The second-order valence-electron chi connectivity index (χ2n) is 0.803. The molecule has 0 unspecified atom stereocenters. The van der Waals surface area contributed by atoms with Crippen LogP contribution in [0.5, 0.6) is 0 Å². The topological polar surface area (TPSA) is 68.8 Å². The summed E-state index contributed by atoms with van der Waals surface area (Å²) in [5, 5.41) is 7.12. The van der Waals surface area contributed by atoms with Crippen LogP contribution in [0.25, 0.3) is 0 Å². The van der Waals surface area contributed by atoms with Gasteiger partial charge in [-0.15, -0.1) is 0 Å². The van der Waals surface area contributed by atoms with Crippen molar-refractivity contribution in [2.45, 2.75) is 6.18 Å². The van der Waals surface area contributed by atoms with E-state index < -0.39 is 12.1 Å². The fourth-order valence-corrected chi connectivity index (χ4v) is 0. The molecule has 0 fully saturated rings. The van der Waals surface area contributed by atoms with E-state index in [1.54, 1.807) is 0 Å². The van der Waals surface area contributed by atoms with Crippen LogP contribution >= 0.6 is 0 Å². The van der Waals surface area contributed by atoms with E-state index in [4.69, 9.17) is 9.90 Å². The van der Waals surface area contributed by atoms with Crippen molar-refractivity contribution in [3.05, 3.63) is 0 Å². The average molecular weight is 221 g/mol. The normalized spacial score (nSPS) is 8.78. The van der Waals surface area contributed by atoms with E-state index in [0.29, 0.717) is 0 Å². The van der Waals surface area contributed by atoms with Crippen LogP contribution < -0.4 is 0 Å². The first-order valence-corrected chi connectivity index (χ1v) is 1.24. The van der Waals surface area contributed by atoms with E-state index in [9.17, 15) is 13.2 Å². The fraction of sp³-hybridized carbons (Fsp3) is 0.500. The van der Waals surface area contributed by atoms with Gasteiger partial charge >= 0.3 is 44.9 Å². The standard InChI is InChI=1S/C2HF3O2.H2O.Y/c3-2(4,5)1(6)7;;/h(H,6,7);1H2;/q;;+3. The van der Waals surface area contributed by atoms with Crippen molar-refractivity contribution in [1.29, 1.82) is 0 Å². The second kappa shape index (κ2) is 5.14. The predicted octanol–water partition coefficient (Wildman–Crippen LogP) is -0.194. The molecule has 0 heterocycles. The first-order chi connectivity index (χ1) is 2.94. The summed E-state index contributed by atoms with van der Waals surface area (Å²) < 4.78 is 31.7. The van der Waals surface area contributed by atoms with Gasteiger partial charge in [0.1, 0.15) is 0 Å². The molecular formula is C2H3F3O3Y+3. The van der Waals surface area contributed by atoms with Gasteiger partial charge < -0.3 is 10.6 Å². The van der Waals surface area contributed by atoms with Gasteiger partial charge in [0.25, 0.3) is 0 Å². The van der Waals surface area contributed by atoms with E-state index in [1.165, 1.54) is 0 Å². The Kier molecular flexibility index (Phi) is 9.22. The van der Waals surface area contributed by atoms with Gasteiger partial charge in [-0.3, -0.25) is 0 Å². The second-order valence-corrected chi connectivity index (χ2v) is 0.803. The predicted molar refractivity (Wildman–Crippen MR) is 17.3 cm³/mol. The largest absolute Gasteiger partial charge is 3.00 e. The van der Waals surface area contributed by atoms with Crippen LogP contribution in [0.15, 0.2) is 0 Å². The number of carboxylic acid groups (broad SMARTS) is 1. The summed E-state index contributed by atoms with van der Waals surface area (Å²) in [6.07, 6.45) is -5.08. The average Bonchev–Trinajstić information content (AvgIpc) is 1.31. The molecule has 3 nitrogen and oxygen atoms in total. The number of alkyl halides is 3. The third-order valence-electron chi connectivity index (χ3n) is 0.243. The third kappa shape index (κ3) is 8.32. The number of aliphatic carboxylic acids is 1. The van der Waals surface area contributed by atoms with Gasteiger partial charge in [-0.2, -0.15) is 13.2 Å². The zero-order valence-electron chi connectivity index (χ0n) is 4.07. The third-order valence-corrected chi connectivity index (χ3v) is 0.243. The molecule has 0 amide bonds. The summed E-state index contributed by atoms with van der Waals surface area (Å²) in [6.45, 7) is 0. The molecule has 0 aromatic carbocycles. The number of rotatable bonds is 0. The van der Waals surface area contributed by atoms with Gasteiger partial charge in [-0.25, -0.2) is 4.79 Å². The molecule has 9 heavy (non-hydrogen) atoms. The molecule has 0 bridgehead atoms. The number of carbonyl (C=O) groups is 1. The molecule has 3 N–H and O–H groups in total. The van der Waals surface area contributed by atoms with Crippen LogP contribution in [0.1, 0.15) is 0 Å². The molecule has 50 valence electrons. The smallest absolute Gasteiger partial charge is 0.475 e. The van der Waals surface area contributed by atoms with E-state index in [2.05, 4.69) is 0 Å². The molecule has 0 aromatic rings. The van der Waals surface area contributed by atoms with Crippen molar-refractivity contribution < 1.29 is 61.3 Å². The molecule has 0 aliphatic heterocycles. The molecule has 0 aromatic heterocycles. The Balaban J connectivity index is -0.000000180. The number of carboxylic acids is 1. The van der Waals surface area contributed by atoms with Crippen molar-refractivity contribution in [1.82, 2.24) is 0 Å². The molecule has 0 saturated carbocycles. The minimum atomic E-state index is -5.08. The molecule has 0 rings (SSSR count). The molecule has 0 radical (unpaired) electrons. The molecule has 0 saturated heterocycles. The van der Waals surface area contributed by atoms with E-state index >= 15 is 0 Å². The van der Waals surface area contributed by atoms with Gasteiger partial charge in [0, 0.05) is 0 Å². The van der Waals surface area contributed by atoms with Gasteiger partial charge in [0.15, 0.2) is 0 Å². The van der Waals surface area contributed by atoms with Crippen molar-refractivity contribution in [3.63, 3.8) is 0 Å². The summed E-state index contributed by atoms with van der Waals surface area (Å²) in [6, 6.07) is 0. The fourth-order valence-electron chi connectivity index (χ4n) is 0. The maximum atomic E-state index is 10.6. The van der Waals surface area contributed by atoms with Gasteiger partial charge in [-0.1, -0.05) is 0 Å². The SMILES string of the molecule is O.O=C(O)C(F)(F)F.[Y+3]. The summed E-state index contributed by atoms with van der Waals surface area (Å²) >= 11 is 0. The molecule has 0 aliphatic rings. The van der Waals surface area contributed by atoms with Crippen LogP contribution in [-0.2, 0) is 37.5 Å². The van der Waals surface area contributed by atoms with Gasteiger partial charge in [0.2, 0.25) is 0 Å². The maximum absolute atomic E-state index is 10.6. The van der Waals surface area contributed by atoms with Crippen molar-refractivity contribution in [3.8, 4) is 0 Å². The molecule has 0 spiro atoms. The van der Waals surface area contributed by atoms with Crippen LogP contribution in [0.4, 0.5) is 13.2 Å². The Hall–Kier alpha value is 0.324. The first kappa shape index (κ1) is 16.2. The minimum Gasteiger partial charge on any atom is -0.475 e. The Morgan fingerprint density at radius 3 is 1.44 bits per heavy atom. The molecule has 0 atom stereocenters. The van der Waals surface area contributed by atoms with Gasteiger partial charge in [0.05, 0.1) is 0 Å². The van der Waals surface area contributed by atoms with E-state index in [-0.39, 0.29) is 38.2 Å². The molecule has 0 aliphatic carbocycles. The first-order valence-electron chi connectivity index (χ1n) is 1.24. The maximum Gasteiger partial charge on any atom is 3.00 e. The molecule has 7 heteroatoms. The van der Waals surface area contributed by atoms with E-state index in [1.807, 2.05) is 0 Å². The number of hydrogen-bond acceptors (Lipinski definition) is 1. The quantitative estimate of drug-likeness (QED) is 0.615. The summed E-state index contributed by atoms with van der Waals surface area (Å²) in [4.78, 5) is 8.90. The monoisotopic (exact) mass is 221 g/mol. The summed E-state index contributed by atoms with van der Waals surface area (Å²) in [5.74, 6) is -2.76. The Morgan fingerprint density at radius 2 is 1.44 bits per heavy atom. The number of halogens is 3. The Labute approximate surface area is 73.4 Å². The Bertz CT molecular complexity index is 89.5.